The molecule has 0 aliphatic rings. The summed E-state index contributed by atoms with van der Waals surface area (Å²) in [5.74, 6) is 1.29. The minimum absolute atomic E-state index is 0.00969. The van der Waals surface area contributed by atoms with Crippen molar-refractivity contribution in [2.45, 2.75) is 45.2 Å². The second-order valence-electron chi connectivity index (χ2n) is 8.68. The Kier molecular flexibility index (Phi) is 9.41. The lowest BCUT2D eigenvalue weighted by molar-refractivity contribution is -0.119. The molecule has 0 aliphatic heterocycles. The standard InChI is InChI=1S/C28H34N2O6S/c1-6-35-24-12-14-25(15-13-24)37(32,33)30(23-10-7-21(4)8-11-23)19-28(31)29-18-22-9-16-26(36-20(2)3)27(17-22)34-5/h7-17,20H,6,18-19H2,1-5H3,(H,29,31). The van der Waals surface area contributed by atoms with Crippen LogP contribution in [0.5, 0.6) is 17.2 Å². The summed E-state index contributed by atoms with van der Waals surface area (Å²) in [5, 5.41) is 2.81. The molecule has 37 heavy (non-hydrogen) atoms. The summed E-state index contributed by atoms with van der Waals surface area (Å²) in [7, 11) is -2.47. The molecule has 8 nitrogen and oxygen atoms in total. The van der Waals surface area contributed by atoms with Crippen molar-refractivity contribution in [2.24, 2.45) is 0 Å². The second-order valence-corrected chi connectivity index (χ2v) is 10.5. The number of carbonyl (C=O) groups is 1. The summed E-state index contributed by atoms with van der Waals surface area (Å²) in [6, 6.07) is 18.5. The van der Waals surface area contributed by atoms with E-state index in [1.54, 1.807) is 55.6 Å². The number of ether oxygens (including phenoxy) is 3. The molecule has 0 atom stereocenters. The number of rotatable bonds is 12. The van der Waals surface area contributed by atoms with E-state index in [0.29, 0.717) is 29.5 Å². The number of nitrogens with one attached hydrogen (secondary N) is 1. The maximum atomic E-state index is 13.6. The highest BCUT2D eigenvalue weighted by Gasteiger charge is 2.27. The van der Waals surface area contributed by atoms with Crippen molar-refractivity contribution in [1.82, 2.24) is 5.32 Å². The van der Waals surface area contributed by atoms with E-state index in [4.69, 9.17) is 14.2 Å². The number of hydrogen-bond donors (Lipinski definition) is 1. The number of carbonyl (C=O) groups excluding carboxylic acids is 1. The van der Waals surface area contributed by atoms with Crippen LogP contribution in [-0.4, -0.2) is 40.7 Å². The van der Waals surface area contributed by atoms with Crippen LogP contribution in [0.3, 0.4) is 0 Å². The molecule has 3 aromatic carbocycles. The predicted octanol–water partition coefficient (Wildman–Crippen LogP) is 4.70. The van der Waals surface area contributed by atoms with E-state index in [1.807, 2.05) is 33.8 Å². The zero-order valence-corrected chi connectivity index (χ0v) is 22.7. The molecule has 198 valence electrons. The third-order valence-corrected chi connectivity index (χ3v) is 7.20. The Bertz CT molecular complexity index is 1290. The summed E-state index contributed by atoms with van der Waals surface area (Å²) >= 11 is 0. The molecule has 0 aliphatic carbocycles. The van der Waals surface area contributed by atoms with Gasteiger partial charge in [0.25, 0.3) is 10.0 Å². The summed E-state index contributed by atoms with van der Waals surface area (Å²) in [5.41, 5.74) is 2.16. The lowest BCUT2D eigenvalue weighted by atomic mass is 10.2. The van der Waals surface area contributed by atoms with Crippen LogP contribution in [0.25, 0.3) is 0 Å². The average molecular weight is 527 g/mol. The Hall–Kier alpha value is -3.72. The number of nitrogens with zero attached hydrogens (tertiary/aromatic N) is 1. The molecule has 0 unspecified atom stereocenters. The molecule has 0 aromatic heterocycles. The van der Waals surface area contributed by atoms with Gasteiger partial charge in [-0.2, -0.15) is 0 Å². The molecule has 1 N–H and O–H groups in total. The van der Waals surface area contributed by atoms with Gasteiger partial charge >= 0.3 is 0 Å². The van der Waals surface area contributed by atoms with Gasteiger partial charge in [-0.05, 0) is 81.8 Å². The normalized spacial score (nSPS) is 11.2. The predicted molar refractivity (Wildman–Crippen MR) is 144 cm³/mol. The van der Waals surface area contributed by atoms with Crippen molar-refractivity contribution in [1.29, 1.82) is 0 Å². The molecular weight excluding hydrogens is 492 g/mol. The van der Waals surface area contributed by atoms with Gasteiger partial charge in [-0.15, -0.1) is 0 Å². The van der Waals surface area contributed by atoms with E-state index in [9.17, 15) is 13.2 Å². The van der Waals surface area contributed by atoms with Gasteiger partial charge in [0.15, 0.2) is 11.5 Å². The average Bonchev–Trinajstić information content (AvgIpc) is 2.87. The number of methoxy groups -OCH3 is 1. The van der Waals surface area contributed by atoms with E-state index < -0.39 is 15.9 Å². The summed E-state index contributed by atoms with van der Waals surface area (Å²) in [4.78, 5) is 13.0. The number of sulfonamides is 1. The van der Waals surface area contributed by atoms with Gasteiger partial charge in [-0.1, -0.05) is 23.8 Å². The van der Waals surface area contributed by atoms with Crippen LogP contribution in [0.2, 0.25) is 0 Å². The zero-order chi connectivity index (χ0) is 27.0. The van der Waals surface area contributed by atoms with Gasteiger partial charge in [-0.25, -0.2) is 8.42 Å². The van der Waals surface area contributed by atoms with Crippen molar-refractivity contribution < 1.29 is 27.4 Å². The van der Waals surface area contributed by atoms with Crippen LogP contribution < -0.4 is 23.8 Å². The van der Waals surface area contributed by atoms with Crippen LogP contribution in [-0.2, 0) is 21.4 Å². The largest absolute Gasteiger partial charge is 0.494 e. The smallest absolute Gasteiger partial charge is 0.264 e. The quantitative estimate of drug-likeness (QED) is 0.368. The van der Waals surface area contributed by atoms with Gasteiger partial charge in [0.2, 0.25) is 5.91 Å². The molecule has 9 heteroatoms. The van der Waals surface area contributed by atoms with Crippen LogP contribution in [0.1, 0.15) is 31.9 Å². The first-order chi connectivity index (χ1) is 17.6. The summed E-state index contributed by atoms with van der Waals surface area (Å²) in [6.07, 6.45) is -0.00969. The van der Waals surface area contributed by atoms with Gasteiger partial charge in [0.05, 0.1) is 30.4 Å². The first-order valence-corrected chi connectivity index (χ1v) is 13.5. The van der Waals surface area contributed by atoms with Crippen LogP contribution in [0.15, 0.2) is 71.6 Å². The third kappa shape index (κ3) is 7.39. The molecule has 1 amide bonds. The monoisotopic (exact) mass is 526 g/mol. The molecule has 0 saturated carbocycles. The van der Waals surface area contributed by atoms with E-state index >= 15 is 0 Å². The van der Waals surface area contributed by atoms with Gasteiger partial charge in [-0.3, -0.25) is 9.10 Å². The third-order valence-electron chi connectivity index (χ3n) is 5.41. The molecule has 0 heterocycles. The fraction of sp³-hybridized carbons (Fsp3) is 0.321. The van der Waals surface area contributed by atoms with Crippen LogP contribution >= 0.6 is 0 Å². The highest BCUT2D eigenvalue weighted by atomic mass is 32.2. The van der Waals surface area contributed by atoms with Crippen molar-refractivity contribution in [2.75, 3.05) is 24.6 Å². The van der Waals surface area contributed by atoms with Crippen molar-refractivity contribution in [3.63, 3.8) is 0 Å². The Morgan fingerprint density at radius 3 is 2.24 bits per heavy atom. The van der Waals surface area contributed by atoms with Gasteiger partial charge < -0.3 is 19.5 Å². The summed E-state index contributed by atoms with van der Waals surface area (Å²) in [6.45, 7) is 7.90. The molecule has 0 saturated heterocycles. The van der Waals surface area contributed by atoms with E-state index in [0.717, 1.165) is 15.4 Å². The SMILES string of the molecule is CCOc1ccc(S(=O)(=O)N(CC(=O)NCc2ccc(OC(C)C)c(OC)c2)c2ccc(C)cc2)cc1. The number of hydrogen-bond acceptors (Lipinski definition) is 6. The molecule has 3 rings (SSSR count). The fourth-order valence-electron chi connectivity index (χ4n) is 3.59. The van der Waals surface area contributed by atoms with Crippen molar-refractivity contribution >= 4 is 21.6 Å². The maximum absolute atomic E-state index is 13.6. The van der Waals surface area contributed by atoms with E-state index in [-0.39, 0.29) is 24.1 Å². The molecular formula is C28H34N2O6S. The lowest BCUT2D eigenvalue weighted by Crippen LogP contribution is -2.40. The van der Waals surface area contributed by atoms with E-state index in [1.165, 1.54) is 12.1 Å². The van der Waals surface area contributed by atoms with E-state index in [2.05, 4.69) is 5.32 Å². The highest BCUT2D eigenvalue weighted by molar-refractivity contribution is 7.92. The minimum atomic E-state index is -4.02. The Labute approximate surface area is 219 Å². The number of benzene rings is 3. The molecule has 3 aromatic rings. The first-order valence-electron chi connectivity index (χ1n) is 12.1. The first kappa shape index (κ1) is 27.9. The summed E-state index contributed by atoms with van der Waals surface area (Å²) < 4.78 is 44.8. The van der Waals surface area contributed by atoms with Crippen molar-refractivity contribution in [3.05, 3.63) is 77.9 Å². The van der Waals surface area contributed by atoms with Gasteiger partial charge in [0, 0.05) is 6.54 Å². The number of amides is 1. The maximum Gasteiger partial charge on any atom is 0.264 e. The topological polar surface area (TPSA) is 94.2 Å². The molecule has 0 radical (unpaired) electrons. The van der Waals surface area contributed by atoms with Gasteiger partial charge in [0.1, 0.15) is 12.3 Å². The second kappa shape index (κ2) is 12.5. The molecule has 0 fully saturated rings. The minimum Gasteiger partial charge on any atom is -0.494 e. The molecule has 0 bridgehead atoms. The molecule has 0 spiro atoms. The lowest BCUT2D eigenvalue weighted by Gasteiger charge is -2.24. The Morgan fingerprint density at radius 2 is 1.65 bits per heavy atom. The van der Waals surface area contributed by atoms with Crippen LogP contribution in [0, 0.1) is 6.92 Å². The number of aryl methyl sites for hydroxylation is 1. The highest BCUT2D eigenvalue weighted by Crippen LogP contribution is 2.29. The zero-order valence-electron chi connectivity index (χ0n) is 21.9. The fourth-order valence-corrected chi connectivity index (χ4v) is 5.01. The van der Waals surface area contributed by atoms with Crippen molar-refractivity contribution in [3.8, 4) is 17.2 Å². The Morgan fingerprint density at radius 1 is 0.973 bits per heavy atom. The van der Waals surface area contributed by atoms with Crippen LogP contribution in [0.4, 0.5) is 5.69 Å². The Balaban J connectivity index is 1.80. The number of anilines is 1.